The average Bonchev–Trinajstić information content (AvgIpc) is 3.24. The zero-order valence-electron chi connectivity index (χ0n) is 14.5. The third-order valence-electron chi connectivity index (χ3n) is 4.23. The fourth-order valence-electron chi connectivity index (χ4n) is 2.95. The van der Waals surface area contributed by atoms with Crippen molar-refractivity contribution in [3.05, 3.63) is 70.5 Å². The maximum Gasteiger partial charge on any atom is 0.278 e. The van der Waals surface area contributed by atoms with E-state index in [4.69, 9.17) is 0 Å². The van der Waals surface area contributed by atoms with Crippen LogP contribution in [-0.4, -0.2) is 22.5 Å². The van der Waals surface area contributed by atoms with Gasteiger partial charge in [0, 0.05) is 23.2 Å². The lowest BCUT2D eigenvalue weighted by Crippen LogP contribution is -2.25. The van der Waals surface area contributed by atoms with Gasteiger partial charge in [-0.15, -0.1) is 0 Å². The minimum absolute atomic E-state index is 0.0680. The number of benzene rings is 2. The van der Waals surface area contributed by atoms with Crippen LogP contribution in [0.25, 0.3) is 11.3 Å². The normalized spacial score (nSPS) is 16.0. The van der Waals surface area contributed by atoms with E-state index in [1.54, 1.807) is 22.7 Å². The van der Waals surface area contributed by atoms with Crippen LogP contribution in [-0.2, 0) is 0 Å². The summed E-state index contributed by atoms with van der Waals surface area (Å²) in [5, 5.41) is 6.70. The summed E-state index contributed by atoms with van der Waals surface area (Å²) in [5.41, 5.74) is 3.15. The molecule has 1 aliphatic rings. The summed E-state index contributed by atoms with van der Waals surface area (Å²) in [4.78, 5) is 18.6. The Labute approximate surface area is 156 Å². The van der Waals surface area contributed by atoms with Crippen molar-refractivity contribution in [2.24, 2.45) is 4.99 Å². The highest BCUT2D eigenvalue weighted by molar-refractivity contribution is 8.00. The van der Waals surface area contributed by atoms with E-state index in [1.165, 1.54) is 0 Å². The van der Waals surface area contributed by atoms with Gasteiger partial charge in [-0.1, -0.05) is 61.2 Å². The molecule has 1 aliphatic heterocycles. The van der Waals surface area contributed by atoms with Gasteiger partial charge in [0.15, 0.2) is 5.50 Å². The molecule has 1 unspecified atom stereocenters. The summed E-state index contributed by atoms with van der Waals surface area (Å²) in [5.74, 6) is 0. The molecule has 1 atom stereocenters. The molecule has 3 aromatic rings. The minimum atomic E-state index is -0.198. The Morgan fingerprint density at radius 1 is 1.15 bits per heavy atom. The van der Waals surface area contributed by atoms with Crippen molar-refractivity contribution in [2.45, 2.75) is 23.7 Å². The van der Waals surface area contributed by atoms with Crippen LogP contribution < -0.4 is 10.9 Å². The lowest BCUT2D eigenvalue weighted by molar-refractivity contribution is 0.639. The topological polar surface area (TPSA) is 62.2 Å². The molecular formula is C20H20N4OS. The van der Waals surface area contributed by atoms with Crippen LogP contribution in [0.4, 0.5) is 5.69 Å². The van der Waals surface area contributed by atoms with E-state index >= 15 is 0 Å². The highest BCUT2D eigenvalue weighted by Gasteiger charge is 2.26. The number of nitrogens with zero attached hydrogens (tertiary/aromatic N) is 2. The second-order valence-corrected chi connectivity index (χ2v) is 7.21. The summed E-state index contributed by atoms with van der Waals surface area (Å²) in [6, 6.07) is 18.0. The number of aliphatic imine (C=N–C) groups is 1. The van der Waals surface area contributed by atoms with Crippen LogP contribution in [0.1, 0.15) is 24.4 Å². The molecule has 2 aromatic carbocycles. The molecule has 0 spiro atoms. The maximum absolute atomic E-state index is 13.1. The van der Waals surface area contributed by atoms with Crippen molar-refractivity contribution in [3.63, 3.8) is 0 Å². The van der Waals surface area contributed by atoms with Crippen molar-refractivity contribution < 1.29 is 0 Å². The van der Waals surface area contributed by atoms with Crippen molar-refractivity contribution in [1.82, 2.24) is 9.78 Å². The second-order valence-electron chi connectivity index (χ2n) is 6.09. The molecule has 4 rings (SSSR count). The number of aromatic amines is 1. The van der Waals surface area contributed by atoms with Crippen LogP contribution in [0.2, 0.25) is 0 Å². The van der Waals surface area contributed by atoms with E-state index in [2.05, 4.69) is 28.4 Å². The third kappa shape index (κ3) is 3.08. The van der Waals surface area contributed by atoms with Crippen molar-refractivity contribution in [3.8, 4) is 11.3 Å². The van der Waals surface area contributed by atoms with E-state index in [9.17, 15) is 4.79 Å². The zero-order chi connectivity index (χ0) is 17.9. The van der Waals surface area contributed by atoms with Crippen molar-refractivity contribution >= 4 is 23.7 Å². The van der Waals surface area contributed by atoms with Crippen LogP contribution >= 0.6 is 11.8 Å². The van der Waals surface area contributed by atoms with Gasteiger partial charge >= 0.3 is 0 Å². The Balaban J connectivity index is 1.76. The monoisotopic (exact) mass is 364 g/mol. The smallest absolute Gasteiger partial charge is 0.278 e. The van der Waals surface area contributed by atoms with Crippen LogP contribution in [0.5, 0.6) is 0 Å². The van der Waals surface area contributed by atoms with Gasteiger partial charge in [-0.3, -0.25) is 14.9 Å². The van der Waals surface area contributed by atoms with Gasteiger partial charge in [0.1, 0.15) is 0 Å². The van der Waals surface area contributed by atoms with Gasteiger partial charge < -0.3 is 5.32 Å². The predicted octanol–water partition coefficient (Wildman–Crippen LogP) is 4.35. The standard InChI is InChI=1S/C20H20N4OS/c1-2-12-21-13-15-18(14-8-4-3-5-9-14)23-24(19(15)25)20-22-16-10-6-7-11-17(16)26-20/h3-11,13,20,22-23H,2,12H2,1H3. The summed E-state index contributed by atoms with van der Waals surface area (Å²) >= 11 is 1.63. The van der Waals surface area contributed by atoms with Crippen LogP contribution in [0.15, 0.2) is 69.3 Å². The number of thioether (sulfide) groups is 1. The molecule has 2 N–H and O–H groups in total. The molecule has 26 heavy (non-hydrogen) atoms. The summed E-state index contributed by atoms with van der Waals surface area (Å²) < 4.78 is 1.65. The molecule has 0 aliphatic carbocycles. The molecular weight excluding hydrogens is 344 g/mol. The highest BCUT2D eigenvalue weighted by atomic mass is 32.2. The summed E-state index contributed by atoms with van der Waals surface area (Å²) in [6.07, 6.45) is 2.65. The number of anilines is 1. The molecule has 0 amide bonds. The first kappa shape index (κ1) is 16.7. The Morgan fingerprint density at radius 2 is 1.92 bits per heavy atom. The van der Waals surface area contributed by atoms with Gasteiger partial charge in [-0.2, -0.15) is 0 Å². The minimum Gasteiger partial charge on any atom is -0.354 e. The van der Waals surface area contributed by atoms with Crippen molar-refractivity contribution in [2.75, 3.05) is 11.9 Å². The van der Waals surface area contributed by atoms with Crippen LogP contribution in [0.3, 0.4) is 0 Å². The molecule has 2 heterocycles. The molecule has 5 nitrogen and oxygen atoms in total. The van der Waals surface area contributed by atoms with E-state index in [0.29, 0.717) is 12.1 Å². The third-order valence-corrected chi connectivity index (χ3v) is 5.39. The Morgan fingerprint density at radius 3 is 2.69 bits per heavy atom. The Kier molecular flexibility index (Phi) is 4.67. The van der Waals surface area contributed by atoms with Gasteiger partial charge in [0.2, 0.25) is 0 Å². The fourth-order valence-corrected chi connectivity index (χ4v) is 4.04. The Bertz CT molecular complexity index is 966. The van der Waals surface area contributed by atoms with E-state index in [0.717, 1.165) is 28.3 Å². The quantitative estimate of drug-likeness (QED) is 0.662. The molecule has 0 radical (unpaired) electrons. The number of H-pyrrole nitrogens is 1. The molecule has 132 valence electrons. The Hall–Kier alpha value is -2.73. The number of nitrogens with one attached hydrogen (secondary N) is 2. The van der Waals surface area contributed by atoms with Crippen molar-refractivity contribution in [1.29, 1.82) is 0 Å². The highest BCUT2D eigenvalue weighted by Crippen LogP contribution is 2.43. The number of fused-ring (bicyclic) bond motifs is 1. The number of aromatic nitrogens is 2. The number of rotatable bonds is 5. The lowest BCUT2D eigenvalue weighted by Gasteiger charge is -2.11. The molecule has 6 heteroatoms. The number of hydrogen-bond donors (Lipinski definition) is 2. The SMILES string of the molecule is CCCN=Cc1c(-c2ccccc2)[nH]n(C2Nc3ccccc3S2)c1=O. The summed E-state index contributed by atoms with van der Waals surface area (Å²) in [7, 11) is 0. The largest absolute Gasteiger partial charge is 0.354 e. The molecule has 1 aromatic heterocycles. The first-order valence-corrected chi connectivity index (χ1v) is 9.58. The average molecular weight is 364 g/mol. The van der Waals surface area contributed by atoms with Crippen LogP contribution in [0, 0.1) is 0 Å². The molecule has 0 bridgehead atoms. The summed E-state index contributed by atoms with van der Waals surface area (Å²) in [6.45, 7) is 2.78. The molecule has 0 saturated carbocycles. The zero-order valence-corrected chi connectivity index (χ0v) is 15.3. The van der Waals surface area contributed by atoms with Gasteiger partial charge in [-0.25, -0.2) is 4.68 Å². The van der Waals surface area contributed by atoms with Gasteiger partial charge in [-0.05, 0) is 18.6 Å². The van der Waals surface area contributed by atoms with Gasteiger partial charge in [0.05, 0.1) is 16.9 Å². The van der Waals surface area contributed by atoms with E-state index in [1.807, 2.05) is 48.5 Å². The first-order valence-electron chi connectivity index (χ1n) is 8.70. The second kappa shape index (κ2) is 7.25. The molecule has 0 fully saturated rings. The van der Waals surface area contributed by atoms with Gasteiger partial charge in [0.25, 0.3) is 5.56 Å². The fraction of sp³-hybridized carbons (Fsp3) is 0.200. The lowest BCUT2D eigenvalue weighted by atomic mass is 10.1. The maximum atomic E-state index is 13.1. The van der Waals surface area contributed by atoms with E-state index in [-0.39, 0.29) is 11.1 Å². The van der Waals surface area contributed by atoms with E-state index < -0.39 is 0 Å². The predicted molar refractivity (Wildman–Crippen MR) is 108 cm³/mol. The number of para-hydroxylation sites is 1. The number of hydrogen-bond acceptors (Lipinski definition) is 4. The first-order chi connectivity index (χ1) is 12.8. The molecule has 0 saturated heterocycles.